The summed E-state index contributed by atoms with van der Waals surface area (Å²) < 4.78 is 11.1. The summed E-state index contributed by atoms with van der Waals surface area (Å²) in [4.78, 5) is 40.8. The summed E-state index contributed by atoms with van der Waals surface area (Å²) in [6.45, 7) is 2.34. The van der Waals surface area contributed by atoms with Gasteiger partial charge in [-0.15, -0.1) is 0 Å². The number of pyridine rings is 1. The molecule has 0 radical (unpaired) electrons. The zero-order valence-corrected chi connectivity index (χ0v) is 20.3. The number of anilines is 2. The Bertz CT molecular complexity index is 1430. The van der Waals surface area contributed by atoms with Gasteiger partial charge in [-0.05, 0) is 36.0 Å². The van der Waals surface area contributed by atoms with Gasteiger partial charge in [-0.2, -0.15) is 10.5 Å². The summed E-state index contributed by atoms with van der Waals surface area (Å²) >= 11 is 0.913. The number of unbranched alkanes of at least 4 members (excludes halogenated alkanes) is 1. The van der Waals surface area contributed by atoms with Crippen LogP contribution in [0.5, 0.6) is 0 Å². The van der Waals surface area contributed by atoms with Crippen LogP contribution in [0.15, 0.2) is 38.6 Å². The Morgan fingerprint density at radius 1 is 1.25 bits per heavy atom. The fourth-order valence-electron chi connectivity index (χ4n) is 3.16. The van der Waals surface area contributed by atoms with Crippen molar-refractivity contribution >= 4 is 35.1 Å². The Labute approximate surface area is 209 Å². The van der Waals surface area contributed by atoms with E-state index in [0.29, 0.717) is 17.9 Å². The molecule has 1 amide bonds. The number of H-pyrrole nitrogens is 1. The average molecular weight is 509 g/mol. The molecule has 12 nitrogen and oxygen atoms in total. The lowest BCUT2D eigenvalue weighted by Gasteiger charge is -2.10. The zero-order valence-electron chi connectivity index (χ0n) is 19.5. The van der Waals surface area contributed by atoms with E-state index >= 15 is 0 Å². The number of amides is 1. The highest BCUT2D eigenvalue weighted by atomic mass is 32.2. The van der Waals surface area contributed by atoms with Crippen molar-refractivity contribution in [3.8, 4) is 23.4 Å². The van der Waals surface area contributed by atoms with E-state index in [4.69, 9.17) is 15.0 Å². The van der Waals surface area contributed by atoms with E-state index in [-0.39, 0.29) is 39.0 Å². The molecule has 3 rings (SSSR count). The lowest BCUT2D eigenvalue weighted by atomic mass is 10.0. The molecule has 4 N–H and O–H groups in total. The molecule has 0 atom stereocenters. The first-order valence-electron chi connectivity index (χ1n) is 10.7. The Kier molecular flexibility index (Phi) is 8.43. The molecule has 0 aliphatic carbocycles. The summed E-state index contributed by atoms with van der Waals surface area (Å²) in [5.74, 6) is -1.20. The van der Waals surface area contributed by atoms with Gasteiger partial charge in [0.1, 0.15) is 34.1 Å². The third kappa shape index (κ3) is 5.71. The van der Waals surface area contributed by atoms with E-state index in [0.717, 1.165) is 24.6 Å². The Hall–Kier alpha value is -4.62. The molecular weight excluding hydrogens is 486 g/mol. The van der Waals surface area contributed by atoms with E-state index in [2.05, 4.69) is 15.6 Å². The van der Waals surface area contributed by atoms with E-state index in [1.807, 2.05) is 19.1 Å². The molecular formula is C23H22N7O5S+. The third-order valence-electron chi connectivity index (χ3n) is 4.93. The fourth-order valence-corrected chi connectivity index (χ4v) is 3.96. The zero-order chi connectivity index (χ0) is 26.2. The predicted molar refractivity (Wildman–Crippen MR) is 129 cm³/mol. The number of hydrogen-bond donors (Lipinski definition) is 3. The molecule has 36 heavy (non-hydrogen) atoms. The number of nitrogens with two attached hydrogens (primary N) is 1. The van der Waals surface area contributed by atoms with Crippen molar-refractivity contribution in [2.45, 2.75) is 24.8 Å². The van der Waals surface area contributed by atoms with Gasteiger partial charge in [0.05, 0.1) is 23.5 Å². The van der Waals surface area contributed by atoms with E-state index < -0.39 is 17.5 Å². The summed E-state index contributed by atoms with van der Waals surface area (Å²) in [7, 11) is 1.47. The maximum Gasteiger partial charge on any atom is 0.435 e. The van der Waals surface area contributed by atoms with Crippen LogP contribution in [0.2, 0.25) is 0 Å². The van der Waals surface area contributed by atoms with E-state index in [9.17, 15) is 24.9 Å². The lowest BCUT2D eigenvalue weighted by molar-refractivity contribution is -0.730. The fraction of sp³-hybridized carbons (Fsp3) is 0.261. The van der Waals surface area contributed by atoms with Crippen LogP contribution in [0.25, 0.3) is 11.3 Å². The summed E-state index contributed by atoms with van der Waals surface area (Å²) in [6, 6.07) is 10.0. The number of nitrogen functional groups attached to an aromatic ring is 1. The van der Waals surface area contributed by atoms with Gasteiger partial charge >= 0.3 is 17.3 Å². The summed E-state index contributed by atoms with van der Waals surface area (Å²) in [5, 5.41) is 24.4. The molecule has 0 aliphatic rings. The number of aromatic nitrogens is 3. The molecule has 0 spiro atoms. The molecule has 0 bridgehead atoms. The second-order valence-corrected chi connectivity index (χ2v) is 8.41. The van der Waals surface area contributed by atoms with E-state index in [1.165, 1.54) is 11.7 Å². The highest BCUT2D eigenvalue weighted by molar-refractivity contribution is 8.00. The normalized spacial score (nSPS) is 10.3. The number of nitrogens with one attached hydrogen (secondary N) is 2. The second kappa shape index (κ2) is 11.7. The SMILES string of the molecule is CCCCOC(=O)c1ccc(NC(=O)CSc2nc(N)c(C#N)c(-c3c(=O)o[nH][n+]3C)c2C#N)cc1. The molecule has 1 aromatic carbocycles. The lowest BCUT2D eigenvalue weighted by Crippen LogP contribution is -2.34. The first-order chi connectivity index (χ1) is 17.3. The largest absolute Gasteiger partial charge is 0.462 e. The van der Waals surface area contributed by atoms with Gasteiger partial charge in [0.2, 0.25) is 5.91 Å². The number of hydrogen-bond acceptors (Lipinski definition) is 10. The average Bonchev–Trinajstić information content (AvgIpc) is 3.20. The first-order valence-corrected chi connectivity index (χ1v) is 11.7. The van der Waals surface area contributed by atoms with Crippen LogP contribution in [0, 0.1) is 22.7 Å². The van der Waals surface area contributed by atoms with Crippen molar-refractivity contribution < 1.29 is 23.5 Å². The maximum atomic E-state index is 12.5. The number of nitriles is 2. The van der Waals surface area contributed by atoms with Crippen LogP contribution >= 0.6 is 11.8 Å². The third-order valence-corrected chi connectivity index (χ3v) is 5.91. The monoisotopic (exact) mass is 508 g/mol. The van der Waals surface area contributed by atoms with Crippen molar-refractivity contribution in [3.63, 3.8) is 0 Å². The van der Waals surface area contributed by atoms with Crippen LogP contribution in [-0.2, 0) is 16.6 Å². The number of thioether (sulfide) groups is 1. The van der Waals surface area contributed by atoms with Crippen LogP contribution in [0.4, 0.5) is 11.5 Å². The number of carbonyl (C=O) groups excluding carboxylic acids is 2. The predicted octanol–water partition coefficient (Wildman–Crippen LogP) is 1.87. The number of nitrogens with zero attached hydrogens (tertiary/aromatic N) is 4. The van der Waals surface area contributed by atoms with Crippen molar-refractivity contribution in [1.29, 1.82) is 10.5 Å². The quantitative estimate of drug-likeness (QED) is 0.166. The molecule has 0 fully saturated rings. The molecule has 0 saturated carbocycles. The molecule has 13 heteroatoms. The summed E-state index contributed by atoms with van der Waals surface area (Å²) in [5.41, 5.74) is 5.57. The number of benzene rings is 1. The molecule has 0 unspecified atom stereocenters. The molecule has 0 saturated heterocycles. The number of esters is 1. The van der Waals surface area contributed by atoms with E-state index in [1.54, 1.807) is 24.3 Å². The second-order valence-electron chi connectivity index (χ2n) is 7.44. The van der Waals surface area contributed by atoms with Crippen LogP contribution in [0.3, 0.4) is 0 Å². The minimum absolute atomic E-state index is 0.0330. The Balaban J connectivity index is 1.76. The smallest absolute Gasteiger partial charge is 0.435 e. The van der Waals surface area contributed by atoms with Crippen molar-refractivity contribution in [3.05, 3.63) is 51.4 Å². The van der Waals surface area contributed by atoms with Crippen molar-refractivity contribution in [2.24, 2.45) is 7.05 Å². The molecule has 2 heterocycles. The van der Waals surface area contributed by atoms with Crippen LogP contribution in [-0.4, -0.2) is 34.5 Å². The minimum atomic E-state index is -0.803. The molecule has 184 valence electrons. The maximum absolute atomic E-state index is 12.5. The van der Waals surface area contributed by atoms with Gasteiger partial charge in [-0.3, -0.25) is 9.32 Å². The minimum Gasteiger partial charge on any atom is -0.462 e. The number of aromatic amines is 1. The Morgan fingerprint density at radius 3 is 2.53 bits per heavy atom. The number of ether oxygens (including phenoxy) is 1. The number of carbonyl (C=O) groups is 2. The van der Waals surface area contributed by atoms with Gasteiger partial charge in [0.25, 0.3) is 0 Å². The van der Waals surface area contributed by atoms with Gasteiger partial charge < -0.3 is 15.8 Å². The Morgan fingerprint density at radius 2 is 1.94 bits per heavy atom. The van der Waals surface area contributed by atoms with Gasteiger partial charge in [0, 0.05) is 5.69 Å². The van der Waals surface area contributed by atoms with Crippen molar-refractivity contribution in [1.82, 2.24) is 10.3 Å². The number of rotatable bonds is 9. The van der Waals surface area contributed by atoms with Crippen molar-refractivity contribution in [2.75, 3.05) is 23.4 Å². The van der Waals surface area contributed by atoms with Crippen LogP contribution < -0.4 is 21.4 Å². The van der Waals surface area contributed by atoms with Gasteiger partial charge in [-0.25, -0.2) is 14.6 Å². The number of aryl methyl sites for hydroxylation is 1. The highest BCUT2D eigenvalue weighted by Gasteiger charge is 2.31. The topological polar surface area (TPSA) is 192 Å². The van der Waals surface area contributed by atoms with Gasteiger partial charge in [-0.1, -0.05) is 29.8 Å². The highest BCUT2D eigenvalue weighted by Crippen LogP contribution is 2.33. The molecule has 2 aromatic heterocycles. The summed E-state index contributed by atoms with van der Waals surface area (Å²) in [6.07, 6.45) is 1.70. The standard InChI is InChI=1S/C23H21N7O5S/c1-3-4-9-34-22(32)13-5-7-14(8-6-13)27-17(31)12-36-21-16(11-25)18(15(10-24)20(26)28-21)19-23(33)35-29-30(19)2/h5-8H,3-4,9,12H2,1-2H3,(H3-,26,27,28,29,31,32,33)/p+1. The molecule has 3 aromatic rings. The van der Waals surface area contributed by atoms with Crippen LogP contribution in [0.1, 0.15) is 41.3 Å². The van der Waals surface area contributed by atoms with Gasteiger partial charge in [0.15, 0.2) is 7.05 Å². The first kappa shape index (κ1) is 26.0. The molecule has 0 aliphatic heterocycles.